The lowest BCUT2D eigenvalue weighted by Gasteiger charge is -2.10. The molecule has 0 spiro atoms. The number of aryl methyl sites for hydroxylation is 2. The lowest BCUT2D eigenvalue weighted by Crippen LogP contribution is -1.99. The average Bonchev–Trinajstić information content (AvgIpc) is 2.86. The van der Waals surface area contributed by atoms with Gasteiger partial charge in [0.15, 0.2) is 5.82 Å². The quantitative estimate of drug-likeness (QED) is 0.588. The first-order valence-electron chi connectivity index (χ1n) is 6.97. The van der Waals surface area contributed by atoms with E-state index in [0.717, 1.165) is 23.1 Å². The van der Waals surface area contributed by atoms with Crippen LogP contribution in [0.1, 0.15) is 23.3 Å². The van der Waals surface area contributed by atoms with Gasteiger partial charge in [-0.2, -0.15) is 0 Å². The summed E-state index contributed by atoms with van der Waals surface area (Å²) in [5.41, 5.74) is 1.69. The Balaban J connectivity index is 1.96. The van der Waals surface area contributed by atoms with E-state index in [-0.39, 0.29) is 5.82 Å². The number of rotatable bonds is 1. The molecule has 2 aromatic heterocycles. The van der Waals surface area contributed by atoms with Crippen LogP contribution in [0.15, 0.2) is 24.3 Å². The molecule has 0 saturated carbocycles. The summed E-state index contributed by atoms with van der Waals surface area (Å²) in [7, 11) is 0. The normalized spacial score (nSPS) is 14.4. The van der Waals surface area contributed by atoms with Crippen molar-refractivity contribution in [1.82, 2.24) is 9.97 Å². The van der Waals surface area contributed by atoms with Gasteiger partial charge in [0.05, 0.1) is 10.9 Å². The van der Waals surface area contributed by atoms with E-state index in [0.29, 0.717) is 16.5 Å². The molecule has 3 aromatic rings. The first-order valence-corrected chi connectivity index (χ1v) is 8.16. The maximum absolute atomic E-state index is 13.9. The molecule has 0 saturated heterocycles. The van der Waals surface area contributed by atoms with Crippen molar-refractivity contribution in [2.24, 2.45) is 0 Å². The minimum Gasteiger partial charge on any atom is -0.217 e. The average molecular weight is 319 g/mol. The van der Waals surface area contributed by atoms with E-state index in [1.54, 1.807) is 29.5 Å². The van der Waals surface area contributed by atoms with Crippen molar-refractivity contribution < 1.29 is 4.39 Å². The minimum atomic E-state index is -0.325. The van der Waals surface area contributed by atoms with Gasteiger partial charge >= 0.3 is 0 Å². The number of nitrogens with zero attached hydrogens (tertiary/aromatic N) is 2. The van der Waals surface area contributed by atoms with Crippen molar-refractivity contribution in [2.45, 2.75) is 25.7 Å². The van der Waals surface area contributed by atoms with Crippen LogP contribution in [0.3, 0.4) is 0 Å². The largest absolute Gasteiger partial charge is 0.217 e. The molecule has 0 atom stereocenters. The van der Waals surface area contributed by atoms with E-state index in [2.05, 4.69) is 9.97 Å². The molecule has 0 fully saturated rings. The van der Waals surface area contributed by atoms with Crippen LogP contribution in [0.5, 0.6) is 0 Å². The summed E-state index contributed by atoms with van der Waals surface area (Å²) in [6.45, 7) is 0. The highest BCUT2D eigenvalue weighted by atomic mass is 35.5. The highest BCUT2D eigenvalue weighted by Crippen LogP contribution is 2.39. The second-order valence-electron chi connectivity index (χ2n) is 5.21. The highest BCUT2D eigenvalue weighted by Gasteiger charge is 2.21. The highest BCUT2D eigenvalue weighted by molar-refractivity contribution is 7.19. The number of thiophene rings is 1. The molecule has 1 aromatic carbocycles. The van der Waals surface area contributed by atoms with E-state index in [9.17, 15) is 4.39 Å². The van der Waals surface area contributed by atoms with Crippen molar-refractivity contribution in [3.05, 3.63) is 45.7 Å². The Morgan fingerprint density at radius 2 is 1.90 bits per heavy atom. The Kier molecular flexibility index (Phi) is 3.16. The molecule has 0 bridgehead atoms. The summed E-state index contributed by atoms with van der Waals surface area (Å²) >= 11 is 8.05. The number of hydrogen-bond acceptors (Lipinski definition) is 3. The molecular formula is C16H12ClFN2S. The van der Waals surface area contributed by atoms with Gasteiger partial charge in [0, 0.05) is 4.88 Å². The van der Waals surface area contributed by atoms with E-state index in [4.69, 9.17) is 11.6 Å². The predicted octanol–water partition coefficient (Wildman–Crippen LogP) is 5.03. The zero-order chi connectivity index (χ0) is 14.4. The summed E-state index contributed by atoms with van der Waals surface area (Å²) in [5.74, 6) is 0.0402. The predicted molar refractivity (Wildman–Crippen MR) is 84.5 cm³/mol. The summed E-state index contributed by atoms with van der Waals surface area (Å²) in [4.78, 5) is 11.1. The standard InChI is InChI=1S/C16H12ClFN2S/c17-14-13-10-6-2-4-8-12(10)21-16(13)20-15(19-14)9-5-1-3-7-11(9)18/h1,3,5,7H,2,4,6,8H2. The Morgan fingerprint density at radius 3 is 2.76 bits per heavy atom. The molecular weight excluding hydrogens is 307 g/mol. The summed E-state index contributed by atoms with van der Waals surface area (Å²) in [6, 6.07) is 6.53. The Bertz CT molecular complexity index is 844. The van der Waals surface area contributed by atoms with Crippen LogP contribution >= 0.6 is 22.9 Å². The molecule has 21 heavy (non-hydrogen) atoms. The monoisotopic (exact) mass is 318 g/mol. The number of halogens is 2. The summed E-state index contributed by atoms with van der Waals surface area (Å²) < 4.78 is 13.9. The van der Waals surface area contributed by atoms with Gasteiger partial charge in [0.1, 0.15) is 15.8 Å². The Labute approximate surface area is 130 Å². The van der Waals surface area contributed by atoms with E-state index < -0.39 is 0 Å². The fraction of sp³-hybridized carbons (Fsp3) is 0.250. The number of benzene rings is 1. The molecule has 106 valence electrons. The molecule has 1 aliphatic rings. The first-order chi connectivity index (χ1) is 10.2. The first kappa shape index (κ1) is 13.2. The second kappa shape index (κ2) is 5.04. The molecule has 2 nitrogen and oxygen atoms in total. The van der Waals surface area contributed by atoms with Crippen molar-refractivity contribution >= 4 is 33.2 Å². The van der Waals surface area contributed by atoms with Crippen LogP contribution in [0, 0.1) is 5.82 Å². The third kappa shape index (κ3) is 2.14. The summed E-state index contributed by atoms with van der Waals surface area (Å²) in [5, 5.41) is 1.41. The Morgan fingerprint density at radius 1 is 1.10 bits per heavy atom. The zero-order valence-electron chi connectivity index (χ0n) is 11.2. The van der Waals surface area contributed by atoms with E-state index in [1.807, 2.05) is 0 Å². The van der Waals surface area contributed by atoms with Gasteiger partial charge < -0.3 is 0 Å². The van der Waals surface area contributed by atoms with Crippen LogP contribution < -0.4 is 0 Å². The van der Waals surface area contributed by atoms with Gasteiger partial charge in [-0.15, -0.1) is 11.3 Å². The molecule has 5 heteroatoms. The fourth-order valence-electron chi connectivity index (χ4n) is 2.88. The summed E-state index contributed by atoms with van der Waals surface area (Å²) in [6.07, 6.45) is 4.52. The van der Waals surface area contributed by atoms with Gasteiger partial charge in [-0.1, -0.05) is 23.7 Å². The van der Waals surface area contributed by atoms with Gasteiger partial charge in [-0.3, -0.25) is 0 Å². The van der Waals surface area contributed by atoms with Crippen molar-refractivity contribution in [3.8, 4) is 11.4 Å². The molecule has 0 amide bonds. The van der Waals surface area contributed by atoms with Crippen molar-refractivity contribution in [2.75, 3.05) is 0 Å². The van der Waals surface area contributed by atoms with Gasteiger partial charge in [-0.05, 0) is 43.4 Å². The molecule has 2 heterocycles. The van der Waals surface area contributed by atoms with Crippen LogP contribution in [0.4, 0.5) is 4.39 Å². The molecule has 1 aliphatic carbocycles. The smallest absolute Gasteiger partial charge is 0.165 e. The SMILES string of the molecule is Fc1ccccc1-c1nc(Cl)c2c3c(sc2n1)CCCC3. The van der Waals surface area contributed by atoms with Crippen LogP contribution in [-0.4, -0.2) is 9.97 Å². The van der Waals surface area contributed by atoms with Crippen LogP contribution in [-0.2, 0) is 12.8 Å². The second-order valence-corrected chi connectivity index (χ2v) is 6.65. The van der Waals surface area contributed by atoms with Gasteiger partial charge in [0.2, 0.25) is 0 Å². The lowest BCUT2D eigenvalue weighted by atomic mass is 9.97. The fourth-order valence-corrected chi connectivity index (χ4v) is 4.48. The van der Waals surface area contributed by atoms with E-state index in [1.165, 1.54) is 29.3 Å². The lowest BCUT2D eigenvalue weighted by molar-refractivity contribution is 0.630. The third-order valence-electron chi connectivity index (χ3n) is 3.89. The number of fused-ring (bicyclic) bond motifs is 3. The maximum Gasteiger partial charge on any atom is 0.165 e. The molecule has 0 unspecified atom stereocenters. The number of hydrogen-bond donors (Lipinski definition) is 0. The third-order valence-corrected chi connectivity index (χ3v) is 5.34. The maximum atomic E-state index is 13.9. The van der Waals surface area contributed by atoms with Crippen molar-refractivity contribution in [3.63, 3.8) is 0 Å². The zero-order valence-corrected chi connectivity index (χ0v) is 12.8. The van der Waals surface area contributed by atoms with E-state index >= 15 is 0 Å². The topological polar surface area (TPSA) is 25.8 Å². The van der Waals surface area contributed by atoms with Crippen molar-refractivity contribution in [1.29, 1.82) is 0 Å². The molecule has 0 N–H and O–H groups in total. The molecule has 4 rings (SSSR count). The minimum absolute atomic E-state index is 0.325. The number of aromatic nitrogens is 2. The van der Waals surface area contributed by atoms with Gasteiger partial charge in [0.25, 0.3) is 0 Å². The Hall–Kier alpha value is -1.52. The van der Waals surface area contributed by atoms with Crippen LogP contribution in [0.25, 0.3) is 21.6 Å². The van der Waals surface area contributed by atoms with Crippen LogP contribution in [0.2, 0.25) is 5.15 Å². The molecule has 0 aliphatic heterocycles. The van der Waals surface area contributed by atoms with Gasteiger partial charge in [-0.25, -0.2) is 14.4 Å². The molecule has 0 radical (unpaired) electrons.